The minimum atomic E-state index is -1.81. The molecule has 0 radical (unpaired) electrons. The SMILES string of the molecule is CCCCOc1ccc(C(C)(C)C)cc1C(O)(c1cc(C(C)(C)C)ccc1OCCCC)C(Cc1ccccc1)N=Cc1cc(C(=O)OCCC)ccc1O. The Morgan fingerprint density at radius 3 is 1.75 bits per heavy atom. The number of aliphatic hydroxyl groups is 1. The molecule has 0 fully saturated rings. The highest BCUT2D eigenvalue weighted by atomic mass is 16.5. The Bertz CT molecular complexity index is 1800. The summed E-state index contributed by atoms with van der Waals surface area (Å²) < 4.78 is 18.5. The molecule has 55 heavy (non-hydrogen) atoms. The number of esters is 1. The highest BCUT2D eigenvalue weighted by molar-refractivity contribution is 5.93. The highest BCUT2D eigenvalue weighted by Gasteiger charge is 2.45. The topological polar surface area (TPSA) is 97.6 Å². The molecule has 0 aromatic heterocycles. The van der Waals surface area contributed by atoms with Gasteiger partial charge in [-0.15, -0.1) is 0 Å². The van der Waals surface area contributed by atoms with Crippen molar-refractivity contribution in [3.05, 3.63) is 124 Å². The van der Waals surface area contributed by atoms with E-state index in [0.29, 0.717) is 66.4 Å². The molecule has 0 spiro atoms. The second-order valence-corrected chi connectivity index (χ2v) is 16.5. The van der Waals surface area contributed by atoms with E-state index in [-0.39, 0.29) is 16.6 Å². The van der Waals surface area contributed by atoms with Gasteiger partial charge < -0.3 is 24.4 Å². The van der Waals surface area contributed by atoms with Crippen LogP contribution in [0.3, 0.4) is 0 Å². The molecule has 7 nitrogen and oxygen atoms in total. The minimum Gasteiger partial charge on any atom is -0.507 e. The largest absolute Gasteiger partial charge is 0.507 e. The Morgan fingerprint density at radius 2 is 1.25 bits per heavy atom. The van der Waals surface area contributed by atoms with Crippen LogP contribution in [0.1, 0.15) is 138 Å². The number of nitrogens with zero attached hydrogens (tertiary/aromatic N) is 1. The van der Waals surface area contributed by atoms with Gasteiger partial charge in [0.15, 0.2) is 0 Å². The number of aliphatic imine (C=N–C) groups is 1. The third-order valence-electron chi connectivity index (χ3n) is 9.87. The Hall–Kier alpha value is -4.62. The number of carbonyl (C=O) groups is 1. The fraction of sp³-hybridized carbons (Fsp3) is 0.458. The van der Waals surface area contributed by atoms with Gasteiger partial charge in [0.25, 0.3) is 0 Å². The third-order valence-corrected chi connectivity index (χ3v) is 9.87. The summed E-state index contributed by atoms with van der Waals surface area (Å²) in [5.41, 5.74) is 2.52. The van der Waals surface area contributed by atoms with E-state index in [2.05, 4.69) is 79.7 Å². The molecule has 296 valence electrons. The van der Waals surface area contributed by atoms with Crippen molar-refractivity contribution in [2.75, 3.05) is 19.8 Å². The van der Waals surface area contributed by atoms with Crippen molar-refractivity contribution in [2.45, 2.75) is 123 Å². The van der Waals surface area contributed by atoms with Crippen LogP contribution < -0.4 is 9.47 Å². The van der Waals surface area contributed by atoms with Crippen LogP contribution in [-0.2, 0) is 27.6 Å². The number of carbonyl (C=O) groups excluding carboxylic acids is 1. The molecule has 0 aliphatic rings. The predicted molar refractivity (Wildman–Crippen MR) is 224 cm³/mol. The molecule has 0 amide bonds. The number of phenols is 1. The number of phenolic OH excluding ortho intramolecular Hbond substituents is 1. The molecule has 0 bridgehead atoms. The molecule has 0 heterocycles. The maximum Gasteiger partial charge on any atom is 0.338 e. The molecule has 0 aliphatic carbocycles. The lowest BCUT2D eigenvalue weighted by atomic mass is 9.73. The van der Waals surface area contributed by atoms with Gasteiger partial charge in [0.05, 0.1) is 31.4 Å². The average molecular weight is 750 g/mol. The first-order valence-electron chi connectivity index (χ1n) is 20.0. The summed E-state index contributed by atoms with van der Waals surface area (Å²) in [5, 5.41) is 25.2. The number of unbranched alkanes of at least 4 members (excludes halogenated alkanes) is 2. The second-order valence-electron chi connectivity index (χ2n) is 16.5. The van der Waals surface area contributed by atoms with Gasteiger partial charge in [-0.25, -0.2) is 4.79 Å². The molecule has 0 saturated carbocycles. The first-order chi connectivity index (χ1) is 26.1. The van der Waals surface area contributed by atoms with Crippen LogP contribution in [0.4, 0.5) is 0 Å². The standard InChI is InChI=1S/C48H63NO6/c1-10-13-27-53-42-24-21-37(46(4,5)6)31-39(42)48(52,40-32-38(47(7,8)9)22-25-43(40)54-28-14-11-2)44(29-34-18-16-15-17-19-34)49-33-36-30-35(20-23-41(36)50)45(51)55-26-12-3/h15-25,30-33,44,50,52H,10-14,26-29H2,1-9H3. The van der Waals surface area contributed by atoms with Gasteiger partial charge in [-0.1, -0.05) is 118 Å². The molecule has 0 aliphatic heterocycles. The highest BCUT2D eigenvalue weighted by Crippen LogP contribution is 2.47. The first-order valence-corrected chi connectivity index (χ1v) is 20.0. The maximum absolute atomic E-state index is 14.1. The van der Waals surface area contributed by atoms with E-state index < -0.39 is 17.6 Å². The summed E-state index contributed by atoms with van der Waals surface area (Å²) in [6.45, 7) is 20.4. The molecule has 4 aromatic carbocycles. The van der Waals surface area contributed by atoms with E-state index in [1.165, 1.54) is 12.1 Å². The Kier molecular flexibility index (Phi) is 15.1. The van der Waals surface area contributed by atoms with Crippen LogP contribution in [0.5, 0.6) is 17.2 Å². The molecule has 1 unspecified atom stereocenters. The zero-order valence-electron chi connectivity index (χ0n) is 34.6. The quantitative estimate of drug-likeness (QED) is 0.0597. The Morgan fingerprint density at radius 1 is 0.709 bits per heavy atom. The van der Waals surface area contributed by atoms with Crippen LogP contribution in [0.15, 0.2) is 89.9 Å². The van der Waals surface area contributed by atoms with E-state index >= 15 is 0 Å². The van der Waals surface area contributed by atoms with E-state index in [0.717, 1.165) is 42.4 Å². The number of hydrogen-bond donors (Lipinski definition) is 2. The number of benzene rings is 4. The van der Waals surface area contributed by atoms with Gasteiger partial charge in [-0.05, 0) is 95.7 Å². The lowest BCUT2D eigenvalue weighted by Gasteiger charge is -2.39. The second kappa shape index (κ2) is 19.3. The summed E-state index contributed by atoms with van der Waals surface area (Å²) >= 11 is 0. The summed E-state index contributed by atoms with van der Waals surface area (Å²) in [6, 6.07) is 25.9. The molecule has 4 rings (SSSR count). The Balaban J connectivity index is 2.11. The summed E-state index contributed by atoms with van der Waals surface area (Å²) in [5.74, 6) is 0.617. The summed E-state index contributed by atoms with van der Waals surface area (Å²) in [7, 11) is 0. The monoisotopic (exact) mass is 749 g/mol. The van der Waals surface area contributed by atoms with E-state index in [4.69, 9.17) is 19.2 Å². The lowest BCUT2D eigenvalue weighted by Crippen LogP contribution is -2.42. The number of hydrogen-bond acceptors (Lipinski definition) is 7. The van der Waals surface area contributed by atoms with Gasteiger partial charge in [-0.3, -0.25) is 4.99 Å². The summed E-state index contributed by atoms with van der Waals surface area (Å²) in [6.07, 6.45) is 6.20. The Labute approximate surface area is 329 Å². The van der Waals surface area contributed by atoms with Crippen molar-refractivity contribution in [2.24, 2.45) is 4.99 Å². The van der Waals surface area contributed by atoms with Crippen LogP contribution in [0.25, 0.3) is 0 Å². The lowest BCUT2D eigenvalue weighted by molar-refractivity contribution is 0.0459. The number of aromatic hydroxyl groups is 1. The van der Waals surface area contributed by atoms with E-state index in [1.807, 2.05) is 49.4 Å². The third kappa shape index (κ3) is 11.2. The molecule has 0 saturated heterocycles. The van der Waals surface area contributed by atoms with Gasteiger partial charge >= 0.3 is 5.97 Å². The van der Waals surface area contributed by atoms with E-state index in [9.17, 15) is 15.0 Å². The van der Waals surface area contributed by atoms with Crippen molar-refractivity contribution < 1.29 is 29.2 Å². The van der Waals surface area contributed by atoms with Crippen LogP contribution in [0, 0.1) is 0 Å². The number of ether oxygens (including phenoxy) is 3. The average Bonchev–Trinajstić information content (AvgIpc) is 3.15. The van der Waals surface area contributed by atoms with Crippen LogP contribution in [-0.4, -0.2) is 48.3 Å². The van der Waals surface area contributed by atoms with Crippen molar-refractivity contribution in [1.82, 2.24) is 0 Å². The predicted octanol–water partition coefficient (Wildman–Crippen LogP) is 10.9. The van der Waals surface area contributed by atoms with E-state index in [1.54, 1.807) is 12.3 Å². The molecular weight excluding hydrogens is 687 g/mol. The fourth-order valence-corrected chi connectivity index (χ4v) is 6.38. The first kappa shape index (κ1) is 43.1. The van der Waals surface area contributed by atoms with Crippen molar-refractivity contribution >= 4 is 12.2 Å². The molecule has 4 aromatic rings. The van der Waals surface area contributed by atoms with Crippen molar-refractivity contribution in [3.63, 3.8) is 0 Å². The zero-order chi connectivity index (χ0) is 40.2. The van der Waals surface area contributed by atoms with Gasteiger partial charge in [0.1, 0.15) is 22.8 Å². The van der Waals surface area contributed by atoms with Gasteiger partial charge in [-0.2, -0.15) is 0 Å². The minimum absolute atomic E-state index is 0.0468. The molecule has 1 atom stereocenters. The number of rotatable bonds is 18. The van der Waals surface area contributed by atoms with Gasteiger partial charge in [0, 0.05) is 22.9 Å². The smallest absolute Gasteiger partial charge is 0.338 e. The maximum atomic E-state index is 14.1. The zero-order valence-corrected chi connectivity index (χ0v) is 34.6. The van der Waals surface area contributed by atoms with Crippen molar-refractivity contribution in [1.29, 1.82) is 0 Å². The summed E-state index contributed by atoms with van der Waals surface area (Å²) in [4.78, 5) is 18.1. The molecule has 2 N–H and O–H groups in total. The van der Waals surface area contributed by atoms with Gasteiger partial charge in [0.2, 0.25) is 0 Å². The molecule has 7 heteroatoms. The molecular formula is C48H63NO6. The van der Waals surface area contributed by atoms with Crippen LogP contribution in [0.2, 0.25) is 0 Å². The fourth-order valence-electron chi connectivity index (χ4n) is 6.38. The normalized spacial score (nSPS) is 12.8. The van der Waals surface area contributed by atoms with Crippen LogP contribution >= 0.6 is 0 Å². The van der Waals surface area contributed by atoms with Crippen molar-refractivity contribution in [3.8, 4) is 17.2 Å².